The summed E-state index contributed by atoms with van der Waals surface area (Å²) in [5.74, 6) is 0.520. The van der Waals surface area contributed by atoms with E-state index in [1.807, 2.05) is 43.3 Å². The van der Waals surface area contributed by atoms with Gasteiger partial charge < -0.3 is 10.6 Å². The zero-order valence-electron chi connectivity index (χ0n) is 13.1. The van der Waals surface area contributed by atoms with Crippen LogP contribution in [0.4, 0.5) is 5.82 Å². The summed E-state index contributed by atoms with van der Waals surface area (Å²) in [5.41, 5.74) is 0.652. The van der Waals surface area contributed by atoms with Crippen LogP contribution >= 0.6 is 0 Å². The van der Waals surface area contributed by atoms with Gasteiger partial charge >= 0.3 is 0 Å². The van der Waals surface area contributed by atoms with Gasteiger partial charge in [-0.3, -0.25) is 14.5 Å². The molecule has 0 aromatic carbocycles. The summed E-state index contributed by atoms with van der Waals surface area (Å²) in [7, 11) is 0. The number of carbonyl (C=O) groups is 2. The van der Waals surface area contributed by atoms with E-state index in [9.17, 15) is 9.59 Å². The first-order valence-electron chi connectivity index (χ1n) is 7.12. The van der Waals surface area contributed by atoms with Crippen molar-refractivity contribution in [1.82, 2.24) is 20.0 Å². The van der Waals surface area contributed by atoms with Crippen LogP contribution in [-0.4, -0.2) is 52.7 Å². The van der Waals surface area contributed by atoms with Crippen LogP contribution in [0.1, 0.15) is 26.5 Å². The summed E-state index contributed by atoms with van der Waals surface area (Å²) in [5, 5.41) is 10.0. The van der Waals surface area contributed by atoms with Crippen molar-refractivity contribution in [3.05, 3.63) is 11.8 Å². The van der Waals surface area contributed by atoms with Crippen LogP contribution in [-0.2, 0) is 15.1 Å². The van der Waals surface area contributed by atoms with Crippen LogP contribution < -0.4 is 10.6 Å². The highest BCUT2D eigenvalue weighted by Crippen LogP contribution is 2.21. The summed E-state index contributed by atoms with van der Waals surface area (Å²) in [6, 6.07) is 1.85. The van der Waals surface area contributed by atoms with Crippen LogP contribution in [0.5, 0.6) is 0 Å². The van der Waals surface area contributed by atoms with E-state index >= 15 is 0 Å². The number of amides is 2. The van der Waals surface area contributed by atoms with Crippen molar-refractivity contribution in [3.8, 4) is 0 Å². The van der Waals surface area contributed by atoms with Crippen molar-refractivity contribution in [1.29, 1.82) is 0 Å². The summed E-state index contributed by atoms with van der Waals surface area (Å²) < 4.78 is 1.81. The van der Waals surface area contributed by atoms with Gasteiger partial charge in [-0.1, -0.05) is 0 Å². The third-order valence-electron chi connectivity index (χ3n) is 3.22. The van der Waals surface area contributed by atoms with Gasteiger partial charge in [-0.15, -0.1) is 0 Å². The molecular weight excluding hydrogens is 270 g/mol. The van der Waals surface area contributed by atoms with Crippen molar-refractivity contribution >= 4 is 17.6 Å². The van der Waals surface area contributed by atoms with Gasteiger partial charge in [0.1, 0.15) is 5.82 Å². The number of carbonyl (C=O) groups excluding carboxylic acids is 2. The quantitative estimate of drug-likeness (QED) is 0.841. The summed E-state index contributed by atoms with van der Waals surface area (Å²) in [4.78, 5) is 25.3. The molecule has 2 N–H and O–H groups in total. The lowest BCUT2D eigenvalue weighted by Crippen LogP contribution is -2.49. The molecule has 1 aromatic rings. The maximum absolute atomic E-state index is 12.2. The van der Waals surface area contributed by atoms with Crippen LogP contribution in [0.2, 0.25) is 0 Å². The first-order valence-corrected chi connectivity index (χ1v) is 7.12. The summed E-state index contributed by atoms with van der Waals surface area (Å²) in [6.45, 7) is 9.75. The second kappa shape index (κ2) is 5.85. The average molecular weight is 293 g/mol. The smallest absolute Gasteiger partial charge is 0.239 e. The van der Waals surface area contributed by atoms with Gasteiger partial charge in [-0.05, 0) is 27.7 Å². The van der Waals surface area contributed by atoms with Gasteiger partial charge in [-0.2, -0.15) is 5.10 Å². The molecule has 2 amide bonds. The van der Waals surface area contributed by atoms with Gasteiger partial charge in [-0.25, -0.2) is 4.68 Å². The maximum Gasteiger partial charge on any atom is 0.239 e. The lowest BCUT2D eigenvalue weighted by molar-refractivity contribution is -0.125. The number of nitrogens with zero attached hydrogens (tertiary/aromatic N) is 3. The molecule has 0 atom stereocenters. The van der Waals surface area contributed by atoms with Gasteiger partial charge in [0.05, 0.1) is 24.3 Å². The fraction of sp³-hybridized carbons (Fsp3) is 0.643. The molecule has 0 bridgehead atoms. The molecule has 21 heavy (non-hydrogen) atoms. The van der Waals surface area contributed by atoms with Crippen LogP contribution in [0.3, 0.4) is 0 Å². The van der Waals surface area contributed by atoms with Crippen LogP contribution in [0.25, 0.3) is 0 Å². The zero-order chi connectivity index (χ0) is 15.6. The normalized spacial score (nSPS) is 16.7. The molecule has 7 nitrogen and oxygen atoms in total. The highest BCUT2D eigenvalue weighted by molar-refractivity contribution is 5.92. The van der Waals surface area contributed by atoms with Crippen molar-refractivity contribution < 1.29 is 9.59 Å². The number of aromatic nitrogens is 2. The molecule has 0 saturated carbocycles. The Labute approximate surface area is 124 Å². The minimum Gasteiger partial charge on any atom is -0.354 e. The van der Waals surface area contributed by atoms with Gasteiger partial charge in [0.15, 0.2) is 0 Å². The Morgan fingerprint density at radius 1 is 1.48 bits per heavy atom. The zero-order valence-corrected chi connectivity index (χ0v) is 13.1. The van der Waals surface area contributed by atoms with E-state index in [0.29, 0.717) is 18.9 Å². The monoisotopic (exact) mass is 293 g/mol. The average Bonchev–Trinajstić information content (AvgIpc) is 2.69. The molecule has 0 unspecified atom stereocenters. The molecule has 2 rings (SSSR count). The third kappa shape index (κ3) is 4.04. The fourth-order valence-corrected chi connectivity index (χ4v) is 2.31. The van der Waals surface area contributed by atoms with E-state index in [4.69, 9.17) is 0 Å². The van der Waals surface area contributed by atoms with Crippen LogP contribution in [0, 0.1) is 6.92 Å². The minimum atomic E-state index is -0.206. The predicted octanol–water partition coefficient (Wildman–Crippen LogP) is 0.317. The highest BCUT2D eigenvalue weighted by Gasteiger charge is 2.22. The van der Waals surface area contributed by atoms with E-state index in [0.717, 1.165) is 5.69 Å². The Morgan fingerprint density at radius 3 is 2.81 bits per heavy atom. The Balaban J connectivity index is 2.01. The Bertz CT molecular complexity index is 544. The van der Waals surface area contributed by atoms with E-state index in [1.165, 1.54) is 0 Å². The number of piperazine rings is 1. The molecule has 0 spiro atoms. The fourth-order valence-electron chi connectivity index (χ4n) is 2.31. The number of nitrogens with one attached hydrogen (secondary N) is 2. The van der Waals surface area contributed by atoms with Gasteiger partial charge in [0.2, 0.25) is 11.8 Å². The lowest BCUT2D eigenvalue weighted by Gasteiger charge is -2.26. The van der Waals surface area contributed by atoms with Crippen molar-refractivity contribution in [2.75, 3.05) is 31.5 Å². The van der Waals surface area contributed by atoms with Crippen molar-refractivity contribution in [2.45, 2.75) is 33.2 Å². The number of rotatable bonds is 3. The lowest BCUT2D eigenvalue weighted by atomic mass is 10.1. The third-order valence-corrected chi connectivity index (χ3v) is 3.22. The Hall–Kier alpha value is -1.89. The highest BCUT2D eigenvalue weighted by atomic mass is 16.2. The second-order valence-corrected chi connectivity index (χ2v) is 6.36. The van der Waals surface area contributed by atoms with E-state index in [2.05, 4.69) is 15.7 Å². The number of aryl methyl sites for hydroxylation is 1. The number of anilines is 1. The number of hydrogen-bond donors (Lipinski definition) is 2. The summed E-state index contributed by atoms with van der Waals surface area (Å²) in [6.07, 6.45) is 0. The molecular formula is C14H23N5O2. The van der Waals surface area contributed by atoms with Gasteiger partial charge in [0, 0.05) is 19.2 Å². The van der Waals surface area contributed by atoms with Gasteiger partial charge in [0.25, 0.3) is 0 Å². The van der Waals surface area contributed by atoms with E-state index < -0.39 is 0 Å². The SMILES string of the molecule is Cc1cc(NC(=O)CN2CCNC(=O)C2)n(C(C)(C)C)n1. The Kier molecular flexibility index (Phi) is 4.32. The topological polar surface area (TPSA) is 79.3 Å². The molecule has 0 radical (unpaired) electrons. The van der Waals surface area contributed by atoms with Crippen LogP contribution in [0.15, 0.2) is 6.07 Å². The predicted molar refractivity (Wildman–Crippen MR) is 80.0 cm³/mol. The van der Waals surface area contributed by atoms with E-state index in [-0.39, 0.29) is 30.4 Å². The molecule has 1 aromatic heterocycles. The first-order chi connectivity index (χ1) is 9.75. The molecule has 1 fully saturated rings. The molecule has 7 heteroatoms. The number of hydrogen-bond acceptors (Lipinski definition) is 4. The van der Waals surface area contributed by atoms with Crippen molar-refractivity contribution in [2.24, 2.45) is 0 Å². The Morgan fingerprint density at radius 2 is 2.19 bits per heavy atom. The standard InChI is InChI=1S/C14H23N5O2/c1-10-7-11(19(17-10)14(2,3)4)16-13(21)9-18-6-5-15-12(20)8-18/h7H,5-6,8-9H2,1-4H3,(H,15,20)(H,16,21). The largest absolute Gasteiger partial charge is 0.354 e. The van der Waals surface area contributed by atoms with E-state index in [1.54, 1.807) is 0 Å². The second-order valence-electron chi connectivity index (χ2n) is 6.36. The molecule has 2 heterocycles. The first kappa shape index (κ1) is 15.5. The molecule has 1 aliphatic rings. The maximum atomic E-state index is 12.2. The van der Waals surface area contributed by atoms with Crippen molar-refractivity contribution in [3.63, 3.8) is 0 Å². The minimum absolute atomic E-state index is 0.0374. The molecule has 116 valence electrons. The molecule has 1 aliphatic heterocycles. The molecule has 1 saturated heterocycles. The summed E-state index contributed by atoms with van der Waals surface area (Å²) >= 11 is 0. The molecule has 0 aliphatic carbocycles.